The summed E-state index contributed by atoms with van der Waals surface area (Å²) in [5, 5.41) is 7.95. The van der Waals surface area contributed by atoms with Gasteiger partial charge in [0.15, 0.2) is 0 Å². The van der Waals surface area contributed by atoms with Crippen LogP contribution in [0.3, 0.4) is 0 Å². The van der Waals surface area contributed by atoms with Gasteiger partial charge in [-0.15, -0.1) is 0 Å². The number of aryl methyl sites for hydroxylation is 1. The van der Waals surface area contributed by atoms with Gasteiger partial charge in [0, 0.05) is 17.8 Å². The Kier molecular flexibility index (Phi) is 6.80. The number of rotatable bonds is 6. The summed E-state index contributed by atoms with van der Waals surface area (Å²) in [6.45, 7) is 4.15. The van der Waals surface area contributed by atoms with Gasteiger partial charge in [-0.05, 0) is 62.6 Å². The smallest absolute Gasteiger partial charge is 0.377 e. The first-order chi connectivity index (χ1) is 14.3. The van der Waals surface area contributed by atoms with E-state index in [0.29, 0.717) is 17.8 Å². The number of nitrogens with zero attached hydrogens (tertiary/aromatic N) is 2. The first kappa shape index (κ1) is 21.9. The summed E-state index contributed by atoms with van der Waals surface area (Å²) in [5.41, 5.74) is 1.93. The number of aromatic nitrogens is 2. The number of hydrogen-bond acceptors (Lipinski definition) is 2. The molecule has 0 aliphatic carbocycles. The zero-order chi connectivity index (χ0) is 21.7. The van der Waals surface area contributed by atoms with E-state index in [1.807, 2.05) is 10.7 Å². The molecular weight excluding hydrogens is 394 g/mol. The molecule has 7 heteroatoms. The van der Waals surface area contributed by atoms with Crippen LogP contribution in [0.4, 0.5) is 23.2 Å². The van der Waals surface area contributed by atoms with Crippen molar-refractivity contribution in [3.05, 3.63) is 77.4 Å². The van der Waals surface area contributed by atoms with E-state index in [1.165, 1.54) is 18.2 Å². The molecule has 0 amide bonds. The number of benzene rings is 1. The van der Waals surface area contributed by atoms with Crippen molar-refractivity contribution in [2.24, 2.45) is 0 Å². The lowest BCUT2D eigenvalue weighted by molar-refractivity contribution is -0.0883. The maximum Gasteiger partial charge on any atom is 0.416 e. The van der Waals surface area contributed by atoms with E-state index in [9.17, 15) is 17.6 Å². The maximum absolute atomic E-state index is 13.4. The van der Waals surface area contributed by atoms with Crippen LogP contribution in [0, 0.1) is 5.82 Å². The standard InChI is InChI=1S/C23H25F4N3/c1-3-6-16(14-17(7-4-2)23(25,26)27)21-15-22-20(8-5-13-30(22)29-21)28-19-11-9-18(24)10-12-19/h3,6-7,9-12,14-15,20,28H,4-5,8,13H2,1-2H3/b6-3-,16-14+,17-7-. The van der Waals surface area contributed by atoms with E-state index in [4.69, 9.17) is 0 Å². The van der Waals surface area contributed by atoms with Gasteiger partial charge in [0.1, 0.15) is 5.82 Å². The summed E-state index contributed by atoms with van der Waals surface area (Å²) in [4.78, 5) is 0. The minimum Gasteiger partial charge on any atom is -0.377 e. The Bertz CT molecular complexity index is 950. The number of anilines is 1. The van der Waals surface area contributed by atoms with Gasteiger partial charge in [-0.1, -0.05) is 25.2 Å². The molecule has 0 fully saturated rings. The van der Waals surface area contributed by atoms with Crippen molar-refractivity contribution >= 4 is 11.3 Å². The second-order valence-corrected chi connectivity index (χ2v) is 7.19. The zero-order valence-corrected chi connectivity index (χ0v) is 17.0. The first-order valence-electron chi connectivity index (χ1n) is 10.0. The van der Waals surface area contributed by atoms with Gasteiger partial charge in [-0.3, -0.25) is 4.68 Å². The van der Waals surface area contributed by atoms with Gasteiger partial charge in [0.2, 0.25) is 0 Å². The Morgan fingerprint density at radius 1 is 1.27 bits per heavy atom. The van der Waals surface area contributed by atoms with Crippen molar-refractivity contribution in [3.63, 3.8) is 0 Å². The molecular formula is C23H25F4N3. The van der Waals surface area contributed by atoms with Crippen molar-refractivity contribution in [2.75, 3.05) is 5.32 Å². The van der Waals surface area contributed by atoms with Crippen molar-refractivity contribution in [1.29, 1.82) is 0 Å². The normalized spacial score (nSPS) is 18.0. The third-order valence-electron chi connectivity index (χ3n) is 4.92. The molecule has 2 heterocycles. The number of fused-ring (bicyclic) bond motifs is 1. The molecule has 0 saturated heterocycles. The number of nitrogens with one attached hydrogen (secondary N) is 1. The first-order valence-corrected chi connectivity index (χ1v) is 10.0. The Morgan fingerprint density at radius 2 is 2.00 bits per heavy atom. The van der Waals surface area contributed by atoms with Crippen LogP contribution in [-0.2, 0) is 6.54 Å². The summed E-state index contributed by atoms with van der Waals surface area (Å²) >= 11 is 0. The van der Waals surface area contributed by atoms with Gasteiger partial charge in [-0.2, -0.15) is 18.3 Å². The van der Waals surface area contributed by atoms with E-state index < -0.39 is 11.7 Å². The highest BCUT2D eigenvalue weighted by Gasteiger charge is 2.32. The van der Waals surface area contributed by atoms with Gasteiger partial charge < -0.3 is 5.32 Å². The minimum absolute atomic E-state index is 0.0504. The predicted molar refractivity (Wildman–Crippen MR) is 111 cm³/mol. The highest BCUT2D eigenvalue weighted by atomic mass is 19.4. The Hall–Kier alpha value is -2.83. The highest BCUT2D eigenvalue weighted by Crippen LogP contribution is 2.33. The zero-order valence-electron chi connectivity index (χ0n) is 17.0. The molecule has 3 nitrogen and oxygen atoms in total. The average Bonchev–Trinajstić information content (AvgIpc) is 3.13. The van der Waals surface area contributed by atoms with Crippen LogP contribution in [0.1, 0.15) is 50.5 Å². The molecule has 1 aliphatic rings. The summed E-state index contributed by atoms with van der Waals surface area (Å²) in [7, 11) is 0. The fourth-order valence-electron chi connectivity index (χ4n) is 3.55. The largest absolute Gasteiger partial charge is 0.416 e. The van der Waals surface area contributed by atoms with Crippen LogP contribution in [-0.4, -0.2) is 16.0 Å². The molecule has 2 aromatic rings. The van der Waals surface area contributed by atoms with E-state index in [2.05, 4.69) is 10.4 Å². The van der Waals surface area contributed by atoms with Crippen molar-refractivity contribution in [2.45, 2.75) is 51.9 Å². The van der Waals surface area contributed by atoms with Gasteiger partial charge in [-0.25, -0.2) is 4.39 Å². The number of halogens is 4. The molecule has 1 aliphatic heterocycles. The molecule has 30 heavy (non-hydrogen) atoms. The quantitative estimate of drug-likeness (QED) is 0.411. The third-order valence-corrected chi connectivity index (χ3v) is 4.92. The van der Waals surface area contributed by atoms with E-state index in [-0.39, 0.29) is 18.3 Å². The van der Waals surface area contributed by atoms with Crippen LogP contribution >= 0.6 is 0 Å². The summed E-state index contributed by atoms with van der Waals surface area (Å²) in [6, 6.07) is 7.90. The Labute approximate surface area is 173 Å². The highest BCUT2D eigenvalue weighted by molar-refractivity contribution is 5.74. The minimum atomic E-state index is -4.42. The maximum atomic E-state index is 13.4. The van der Waals surface area contributed by atoms with Crippen molar-refractivity contribution in [3.8, 4) is 0 Å². The molecule has 1 aromatic carbocycles. The summed E-state index contributed by atoms with van der Waals surface area (Å²) < 4.78 is 55.2. The molecule has 0 spiro atoms. The van der Waals surface area contributed by atoms with Crippen LogP contribution in [0.5, 0.6) is 0 Å². The molecule has 1 N–H and O–H groups in total. The summed E-state index contributed by atoms with van der Waals surface area (Å²) in [6.07, 6.45) is 3.30. The SMILES string of the molecule is C\C=C/C(=C\C(=C\CC)C(F)(F)F)c1cc2n(n1)CCCC2Nc1ccc(F)cc1. The molecule has 0 saturated carbocycles. The Balaban J connectivity index is 1.95. The van der Waals surface area contributed by atoms with E-state index >= 15 is 0 Å². The lowest BCUT2D eigenvalue weighted by atomic mass is 10.0. The van der Waals surface area contributed by atoms with Crippen molar-refractivity contribution < 1.29 is 17.6 Å². The number of alkyl halides is 3. The van der Waals surface area contributed by atoms with Crippen molar-refractivity contribution in [1.82, 2.24) is 9.78 Å². The van der Waals surface area contributed by atoms with Crippen LogP contribution in [0.2, 0.25) is 0 Å². The lowest BCUT2D eigenvalue weighted by Gasteiger charge is -2.25. The second-order valence-electron chi connectivity index (χ2n) is 7.19. The molecule has 1 unspecified atom stereocenters. The van der Waals surface area contributed by atoms with Crippen LogP contribution < -0.4 is 5.32 Å². The third kappa shape index (κ3) is 5.20. The van der Waals surface area contributed by atoms with Gasteiger partial charge in [0.25, 0.3) is 0 Å². The topological polar surface area (TPSA) is 29.9 Å². The van der Waals surface area contributed by atoms with Gasteiger partial charge in [0.05, 0.1) is 23.0 Å². The van der Waals surface area contributed by atoms with E-state index in [0.717, 1.165) is 30.3 Å². The lowest BCUT2D eigenvalue weighted by Crippen LogP contribution is -2.21. The fraction of sp³-hybridized carbons (Fsp3) is 0.348. The molecule has 1 atom stereocenters. The Morgan fingerprint density at radius 3 is 2.63 bits per heavy atom. The molecule has 0 bridgehead atoms. The predicted octanol–water partition coefficient (Wildman–Crippen LogP) is 6.83. The van der Waals surface area contributed by atoms with Crippen LogP contribution in [0.15, 0.2) is 60.2 Å². The molecule has 0 radical (unpaired) electrons. The summed E-state index contributed by atoms with van der Waals surface area (Å²) in [5.74, 6) is -0.307. The number of allylic oxidation sites excluding steroid dienone is 6. The second kappa shape index (κ2) is 9.32. The average molecular weight is 419 g/mol. The monoisotopic (exact) mass is 419 g/mol. The molecule has 1 aromatic heterocycles. The molecule has 160 valence electrons. The molecule has 3 rings (SSSR count). The van der Waals surface area contributed by atoms with Gasteiger partial charge >= 0.3 is 6.18 Å². The fourth-order valence-corrected chi connectivity index (χ4v) is 3.55. The van der Waals surface area contributed by atoms with E-state index in [1.54, 1.807) is 38.1 Å². The van der Waals surface area contributed by atoms with Crippen LogP contribution in [0.25, 0.3) is 5.57 Å². The number of hydrogen-bond donors (Lipinski definition) is 1.